The molecule has 0 bridgehead atoms. The van der Waals surface area contributed by atoms with Gasteiger partial charge in [0.15, 0.2) is 0 Å². The predicted molar refractivity (Wildman–Crippen MR) is 101 cm³/mol. The summed E-state index contributed by atoms with van der Waals surface area (Å²) in [6, 6.07) is 7.76. The fourth-order valence-electron chi connectivity index (χ4n) is 2.79. The van der Waals surface area contributed by atoms with Gasteiger partial charge in [0.25, 0.3) is 0 Å². The Hall–Kier alpha value is -3.67. The SMILES string of the molecule is Cc1cnn(CC(=O)NCCCc2nn(-c3ccc(F)cc3)c(N)c2C#N)c1. The van der Waals surface area contributed by atoms with Gasteiger partial charge in [-0.15, -0.1) is 0 Å². The van der Waals surface area contributed by atoms with Gasteiger partial charge in [-0.1, -0.05) is 0 Å². The van der Waals surface area contributed by atoms with Crippen LogP contribution >= 0.6 is 0 Å². The molecule has 9 heteroatoms. The highest BCUT2D eigenvalue weighted by Crippen LogP contribution is 2.21. The number of anilines is 1. The van der Waals surface area contributed by atoms with E-state index < -0.39 is 0 Å². The zero-order valence-electron chi connectivity index (χ0n) is 15.4. The number of rotatable bonds is 7. The molecule has 0 fully saturated rings. The van der Waals surface area contributed by atoms with Crippen molar-refractivity contribution < 1.29 is 9.18 Å². The Morgan fingerprint density at radius 2 is 2.11 bits per heavy atom. The third-order valence-corrected chi connectivity index (χ3v) is 4.16. The number of hydrogen-bond acceptors (Lipinski definition) is 5. The molecule has 3 N–H and O–H groups in total. The van der Waals surface area contributed by atoms with E-state index in [0.29, 0.717) is 36.3 Å². The minimum Gasteiger partial charge on any atom is -0.382 e. The van der Waals surface area contributed by atoms with Crippen molar-refractivity contribution in [2.45, 2.75) is 26.3 Å². The Kier molecular flexibility index (Phi) is 5.69. The molecule has 8 nitrogen and oxygen atoms in total. The average molecular weight is 381 g/mol. The van der Waals surface area contributed by atoms with Crippen molar-refractivity contribution in [3.63, 3.8) is 0 Å². The van der Waals surface area contributed by atoms with Gasteiger partial charge >= 0.3 is 0 Å². The van der Waals surface area contributed by atoms with E-state index in [0.717, 1.165) is 5.56 Å². The van der Waals surface area contributed by atoms with Crippen molar-refractivity contribution in [2.24, 2.45) is 0 Å². The summed E-state index contributed by atoms with van der Waals surface area (Å²) in [5.41, 5.74) is 8.43. The van der Waals surface area contributed by atoms with E-state index >= 15 is 0 Å². The van der Waals surface area contributed by atoms with E-state index in [1.165, 1.54) is 16.8 Å². The summed E-state index contributed by atoms with van der Waals surface area (Å²) in [6.07, 6.45) is 4.56. The molecule has 0 spiro atoms. The zero-order chi connectivity index (χ0) is 20.1. The first-order valence-corrected chi connectivity index (χ1v) is 8.77. The molecule has 0 atom stereocenters. The molecule has 2 aromatic heterocycles. The van der Waals surface area contributed by atoms with Crippen LogP contribution in [0.5, 0.6) is 0 Å². The molecule has 3 rings (SSSR count). The smallest absolute Gasteiger partial charge is 0.241 e. The Balaban J connectivity index is 1.58. The number of carbonyl (C=O) groups excluding carboxylic acids is 1. The number of nitriles is 1. The monoisotopic (exact) mass is 381 g/mol. The number of aromatic nitrogens is 4. The summed E-state index contributed by atoms with van der Waals surface area (Å²) in [5.74, 6) is -0.293. The molecule has 0 aliphatic carbocycles. The number of hydrogen-bond donors (Lipinski definition) is 2. The maximum absolute atomic E-state index is 13.1. The summed E-state index contributed by atoms with van der Waals surface area (Å²) in [7, 11) is 0. The average Bonchev–Trinajstić information content (AvgIpc) is 3.22. The molecular weight excluding hydrogens is 361 g/mol. The lowest BCUT2D eigenvalue weighted by Gasteiger charge is -2.05. The first kappa shape index (κ1) is 19.1. The van der Waals surface area contributed by atoms with Gasteiger partial charge in [0.1, 0.15) is 29.8 Å². The van der Waals surface area contributed by atoms with Crippen molar-refractivity contribution >= 4 is 11.7 Å². The molecule has 144 valence electrons. The number of benzene rings is 1. The third kappa shape index (κ3) is 4.35. The van der Waals surface area contributed by atoms with Crippen LogP contribution in [0.3, 0.4) is 0 Å². The number of carbonyl (C=O) groups is 1. The van der Waals surface area contributed by atoms with Crippen LogP contribution in [0.1, 0.15) is 23.2 Å². The largest absolute Gasteiger partial charge is 0.382 e. The van der Waals surface area contributed by atoms with Crippen LogP contribution in [0.4, 0.5) is 10.2 Å². The third-order valence-electron chi connectivity index (χ3n) is 4.16. The molecule has 0 aliphatic heterocycles. The summed E-state index contributed by atoms with van der Waals surface area (Å²) in [4.78, 5) is 11.9. The minimum atomic E-state index is -0.365. The Morgan fingerprint density at radius 3 is 2.75 bits per heavy atom. The van der Waals surface area contributed by atoms with Gasteiger partial charge in [0.2, 0.25) is 5.91 Å². The zero-order valence-corrected chi connectivity index (χ0v) is 15.4. The summed E-state index contributed by atoms with van der Waals surface area (Å²) in [5, 5.41) is 20.7. The molecule has 28 heavy (non-hydrogen) atoms. The van der Waals surface area contributed by atoms with Gasteiger partial charge in [-0.3, -0.25) is 9.48 Å². The molecule has 3 aromatic rings. The lowest BCUT2D eigenvalue weighted by atomic mass is 10.1. The lowest BCUT2D eigenvalue weighted by Crippen LogP contribution is -2.28. The minimum absolute atomic E-state index is 0.139. The maximum atomic E-state index is 13.1. The van der Waals surface area contributed by atoms with E-state index in [1.54, 1.807) is 29.2 Å². The van der Waals surface area contributed by atoms with E-state index in [4.69, 9.17) is 5.73 Å². The molecule has 1 aromatic carbocycles. The van der Waals surface area contributed by atoms with Gasteiger partial charge in [0, 0.05) is 12.7 Å². The van der Waals surface area contributed by atoms with Crippen molar-refractivity contribution in [1.82, 2.24) is 24.9 Å². The first-order valence-electron chi connectivity index (χ1n) is 8.77. The topological polar surface area (TPSA) is 115 Å². The molecule has 0 radical (unpaired) electrons. The normalized spacial score (nSPS) is 10.6. The molecule has 1 amide bonds. The molecule has 0 saturated carbocycles. The molecule has 0 aliphatic rings. The van der Waals surface area contributed by atoms with Crippen molar-refractivity contribution in [1.29, 1.82) is 5.26 Å². The summed E-state index contributed by atoms with van der Waals surface area (Å²) >= 11 is 0. The molecule has 0 unspecified atom stereocenters. The van der Waals surface area contributed by atoms with E-state index in [2.05, 4.69) is 21.6 Å². The quantitative estimate of drug-likeness (QED) is 0.605. The maximum Gasteiger partial charge on any atom is 0.241 e. The number of nitrogens with one attached hydrogen (secondary N) is 1. The van der Waals surface area contributed by atoms with Gasteiger partial charge < -0.3 is 11.1 Å². The van der Waals surface area contributed by atoms with Gasteiger partial charge in [-0.25, -0.2) is 9.07 Å². The predicted octanol–water partition coefficient (Wildman–Crippen LogP) is 1.72. The standard InChI is InChI=1S/C19H20FN7O/c1-13-10-24-26(11-13)12-18(28)23-8-2-3-17-16(9-21)19(22)27(25-17)15-6-4-14(20)5-7-15/h4-7,10-11H,2-3,8,12,22H2,1H3,(H,23,28). The summed E-state index contributed by atoms with van der Waals surface area (Å²) < 4.78 is 16.1. The van der Waals surface area contributed by atoms with E-state index in [9.17, 15) is 14.4 Å². The lowest BCUT2D eigenvalue weighted by molar-refractivity contribution is -0.121. The van der Waals surface area contributed by atoms with Gasteiger partial charge in [-0.05, 0) is 49.6 Å². The summed E-state index contributed by atoms with van der Waals surface area (Å²) in [6.45, 7) is 2.50. The van der Waals surface area contributed by atoms with Crippen LogP contribution in [0.2, 0.25) is 0 Å². The Morgan fingerprint density at radius 1 is 1.36 bits per heavy atom. The number of nitrogen functional groups attached to an aromatic ring is 1. The number of aryl methyl sites for hydroxylation is 2. The van der Waals surface area contributed by atoms with Crippen molar-refractivity contribution in [3.8, 4) is 11.8 Å². The number of halogens is 1. The van der Waals surface area contributed by atoms with Gasteiger partial charge in [-0.2, -0.15) is 15.5 Å². The Bertz CT molecular complexity index is 1010. The second-order valence-electron chi connectivity index (χ2n) is 6.38. The van der Waals surface area contributed by atoms with Crippen molar-refractivity contribution in [3.05, 3.63) is 59.3 Å². The van der Waals surface area contributed by atoms with Crippen molar-refractivity contribution in [2.75, 3.05) is 12.3 Å². The first-order chi connectivity index (χ1) is 13.5. The highest BCUT2D eigenvalue weighted by molar-refractivity contribution is 5.75. The van der Waals surface area contributed by atoms with Gasteiger partial charge in [0.05, 0.1) is 17.6 Å². The van der Waals surface area contributed by atoms with Crippen LogP contribution in [0, 0.1) is 24.1 Å². The highest BCUT2D eigenvalue weighted by atomic mass is 19.1. The Labute approximate surface area is 161 Å². The second-order valence-corrected chi connectivity index (χ2v) is 6.38. The van der Waals surface area contributed by atoms with Crippen LogP contribution in [0.25, 0.3) is 5.69 Å². The number of nitrogens with two attached hydrogens (primary N) is 1. The fourth-order valence-corrected chi connectivity index (χ4v) is 2.79. The van der Waals surface area contributed by atoms with Crippen LogP contribution in [-0.4, -0.2) is 32.0 Å². The second kappa shape index (κ2) is 8.35. The highest BCUT2D eigenvalue weighted by Gasteiger charge is 2.16. The van der Waals surface area contributed by atoms with E-state index in [1.807, 2.05) is 6.92 Å². The van der Waals surface area contributed by atoms with Crippen LogP contribution in [0.15, 0.2) is 36.7 Å². The molecule has 2 heterocycles. The number of nitrogens with zero attached hydrogens (tertiary/aromatic N) is 5. The van der Waals surface area contributed by atoms with Crippen LogP contribution in [-0.2, 0) is 17.8 Å². The molecule has 0 saturated heterocycles. The van der Waals surface area contributed by atoms with E-state index in [-0.39, 0.29) is 24.1 Å². The molecular formula is C19H20FN7O. The number of amides is 1. The fraction of sp³-hybridized carbons (Fsp3) is 0.263. The van der Waals surface area contributed by atoms with Crippen LogP contribution < -0.4 is 11.1 Å².